The van der Waals surface area contributed by atoms with Gasteiger partial charge in [0.25, 0.3) is 0 Å². The second-order valence-electron chi connectivity index (χ2n) is 5.74. The van der Waals surface area contributed by atoms with Gasteiger partial charge in [-0.3, -0.25) is 4.79 Å². The molecule has 26 heavy (non-hydrogen) atoms. The van der Waals surface area contributed by atoms with E-state index in [9.17, 15) is 4.79 Å². The predicted molar refractivity (Wildman–Crippen MR) is 101 cm³/mol. The van der Waals surface area contributed by atoms with E-state index in [1.165, 1.54) is 0 Å². The number of nitrogens with one attached hydrogen (secondary N) is 1. The maximum Gasteiger partial charge on any atom is 0.245 e. The summed E-state index contributed by atoms with van der Waals surface area (Å²) >= 11 is 0. The number of benzene rings is 1. The number of hydrogen-bond donors (Lipinski definition) is 3. The second-order valence-corrected chi connectivity index (χ2v) is 5.74. The lowest BCUT2D eigenvalue weighted by molar-refractivity contribution is -0.117. The van der Waals surface area contributed by atoms with Gasteiger partial charge < -0.3 is 21.5 Å². The number of carbonyl (C=O) groups excluding carboxylic acids is 1. The zero-order chi connectivity index (χ0) is 18.7. The van der Waals surface area contributed by atoms with Crippen molar-refractivity contribution in [2.75, 3.05) is 17.7 Å². The van der Waals surface area contributed by atoms with Crippen molar-refractivity contribution in [3.8, 4) is 17.1 Å². The van der Waals surface area contributed by atoms with Gasteiger partial charge in [0.1, 0.15) is 0 Å². The fourth-order valence-corrected chi connectivity index (χ4v) is 2.38. The first kappa shape index (κ1) is 17.6. The van der Waals surface area contributed by atoms with Crippen LogP contribution in [0.2, 0.25) is 0 Å². The fourth-order valence-electron chi connectivity index (χ4n) is 2.38. The SMILES string of the molecule is CCOc1nc(N)nc2ccc(-c3ccc(NC(=O)[C@H](C)N)cc3)nc12. The Morgan fingerprint density at radius 2 is 1.88 bits per heavy atom. The number of fused-ring (bicyclic) bond motifs is 1. The molecule has 3 aromatic rings. The molecular formula is C18H20N6O2. The summed E-state index contributed by atoms with van der Waals surface area (Å²) in [6, 6.07) is 10.4. The quantitative estimate of drug-likeness (QED) is 0.640. The van der Waals surface area contributed by atoms with Gasteiger partial charge in [-0.25, -0.2) is 9.97 Å². The Kier molecular flexibility index (Phi) is 4.94. The van der Waals surface area contributed by atoms with Gasteiger partial charge in [0.15, 0.2) is 5.52 Å². The van der Waals surface area contributed by atoms with E-state index in [0.717, 1.165) is 11.3 Å². The van der Waals surface area contributed by atoms with Crippen molar-refractivity contribution in [2.45, 2.75) is 19.9 Å². The highest BCUT2D eigenvalue weighted by Gasteiger charge is 2.11. The molecule has 0 saturated carbocycles. The average molecular weight is 352 g/mol. The van der Waals surface area contributed by atoms with Crippen molar-refractivity contribution in [3.05, 3.63) is 36.4 Å². The molecule has 0 fully saturated rings. The zero-order valence-electron chi connectivity index (χ0n) is 14.6. The first-order chi connectivity index (χ1) is 12.5. The number of anilines is 2. The van der Waals surface area contributed by atoms with Gasteiger partial charge in [0.05, 0.1) is 23.9 Å². The van der Waals surface area contributed by atoms with Gasteiger partial charge in [-0.05, 0) is 38.1 Å². The van der Waals surface area contributed by atoms with E-state index in [4.69, 9.17) is 16.2 Å². The minimum atomic E-state index is -0.568. The lowest BCUT2D eigenvalue weighted by atomic mass is 10.1. The Hall–Kier alpha value is -3.26. The van der Waals surface area contributed by atoms with Crippen molar-refractivity contribution in [1.29, 1.82) is 0 Å². The van der Waals surface area contributed by atoms with Crippen LogP contribution in [0.5, 0.6) is 5.88 Å². The van der Waals surface area contributed by atoms with Crippen LogP contribution in [0.4, 0.5) is 11.6 Å². The fraction of sp³-hybridized carbons (Fsp3) is 0.222. The maximum absolute atomic E-state index is 11.7. The molecular weight excluding hydrogens is 332 g/mol. The normalized spacial score (nSPS) is 12.0. The molecule has 0 radical (unpaired) electrons. The highest BCUT2D eigenvalue weighted by atomic mass is 16.5. The van der Waals surface area contributed by atoms with Gasteiger partial charge in [0, 0.05) is 11.3 Å². The lowest BCUT2D eigenvalue weighted by Crippen LogP contribution is -2.32. The molecule has 8 heteroatoms. The molecule has 1 atom stereocenters. The molecule has 3 rings (SSSR count). The number of ether oxygens (including phenoxy) is 1. The monoisotopic (exact) mass is 352 g/mol. The molecule has 2 heterocycles. The Morgan fingerprint density at radius 3 is 2.54 bits per heavy atom. The van der Waals surface area contributed by atoms with Crippen LogP contribution in [0.15, 0.2) is 36.4 Å². The van der Waals surface area contributed by atoms with Crippen molar-refractivity contribution in [2.24, 2.45) is 5.73 Å². The number of rotatable bonds is 5. The summed E-state index contributed by atoms with van der Waals surface area (Å²) in [4.78, 5) is 24.6. The van der Waals surface area contributed by atoms with E-state index in [-0.39, 0.29) is 11.9 Å². The molecule has 0 spiro atoms. The molecule has 8 nitrogen and oxygen atoms in total. The minimum Gasteiger partial charge on any atom is -0.476 e. The van der Waals surface area contributed by atoms with Crippen LogP contribution in [-0.4, -0.2) is 33.5 Å². The Bertz CT molecular complexity index is 940. The Balaban J connectivity index is 1.94. The van der Waals surface area contributed by atoms with E-state index in [0.29, 0.717) is 29.2 Å². The van der Waals surface area contributed by atoms with Gasteiger partial charge in [-0.15, -0.1) is 0 Å². The number of amides is 1. The van der Waals surface area contributed by atoms with Crippen LogP contribution in [0.1, 0.15) is 13.8 Å². The predicted octanol–water partition coefficient (Wildman–Crippen LogP) is 1.96. The van der Waals surface area contributed by atoms with Crippen molar-refractivity contribution < 1.29 is 9.53 Å². The first-order valence-corrected chi connectivity index (χ1v) is 8.22. The van der Waals surface area contributed by atoms with Crippen LogP contribution < -0.4 is 21.5 Å². The summed E-state index contributed by atoms with van der Waals surface area (Å²) in [5.74, 6) is 0.264. The van der Waals surface area contributed by atoms with E-state index >= 15 is 0 Å². The molecule has 0 aliphatic heterocycles. The summed E-state index contributed by atoms with van der Waals surface area (Å²) in [6.07, 6.45) is 0. The Labute approximate surface area is 150 Å². The molecule has 2 aromatic heterocycles. The van der Waals surface area contributed by atoms with E-state index in [1.807, 2.05) is 31.2 Å². The third kappa shape index (κ3) is 3.70. The average Bonchev–Trinajstić information content (AvgIpc) is 2.62. The highest BCUT2D eigenvalue weighted by Crippen LogP contribution is 2.26. The minimum absolute atomic E-state index is 0.143. The number of carbonyl (C=O) groups is 1. The number of nitrogens with zero attached hydrogens (tertiary/aromatic N) is 3. The Morgan fingerprint density at radius 1 is 1.15 bits per heavy atom. The molecule has 1 amide bonds. The summed E-state index contributed by atoms with van der Waals surface area (Å²) in [5.41, 5.74) is 14.7. The number of pyridine rings is 1. The molecule has 0 saturated heterocycles. The van der Waals surface area contributed by atoms with E-state index in [2.05, 4.69) is 20.3 Å². The zero-order valence-corrected chi connectivity index (χ0v) is 14.6. The van der Waals surface area contributed by atoms with E-state index in [1.54, 1.807) is 19.1 Å². The van der Waals surface area contributed by atoms with Gasteiger partial charge >= 0.3 is 0 Å². The number of nitrogen functional groups attached to an aromatic ring is 1. The second kappa shape index (κ2) is 7.32. The van der Waals surface area contributed by atoms with Crippen LogP contribution in [-0.2, 0) is 4.79 Å². The topological polar surface area (TPSA) is 129 Å². The van der Waals surface area contributed by atoms with Crippen molar-refractivity contribution in [3.63, 3.8) is 0 Å². The molecule has 0 unspecified atom stereocenters. The van der Waals surface area contributed by atoms with Crippen LogP contribution in [0.25, 0.3) is 22.3 Å². The van der Waals surface area contributed by atoms with Gasteiger partial charge in [-0.2, -0.15) is 4.98 Å². The molecule has 0 bridgehead atoms. The summed E-state index contributed by atoms with van der Waals surface area (Å²) < 4.78 is 5.52. The van der Waals surface area contributed by atoms with Crippen molar-refractivity contribution in [1.82, 2.24) is 15.0 Å². The smallest absolute Gasteiger partial charge is 0.245 e. The van der Waals surface area contributed by atoms with Gasteiger partial charge in [0.2, 0.25) is 17.7 Å². The summed E-state index contributed by atoms with van der Waals surface area (Å²) in [7, 11) is 0. The molecule has 134 valence electrons. The van der Waals surface area contributed by atoms with Gasteiger partial charge in [-0.1, -0.05) is 12.1 Å². The van der Waals surface area contributed by atoms with Crippen LogP contribution >= 0.6 is 0 Å². The molecule has 0 aliphatic rings. The third-order valence-electron chi connectivity index (χ3n) is 3.67. The summed E-state index contributed by atoms with van der Waals surface area (Å²) in [5, 5.41) is 2.74. The number of hydrogen-bond acceptors (Lipinski definition) is 7. The maximum atomic E-state index is 11.7. The summed E-state index contributed by atoms with van der Waals surface area (Å²) in [6.45, 7) is 3.95. The standard InChI is InChI=1S/C18H20N6O2/c1-3-26-17-15-14(23-18(20)24-17)9-8-13(22-15)11-4-6-12(7-5-11)21-16(25)10(2)19/h4-10H,3,19H2,1-2H3,(H,21,25)(H2,20,23,24)/t10-/m0/s1. The molecule has 1 aromatic carbocycles. The van der Waals surface area contributed by atoms with Crippen LogP contribution in [0.3, 0.4) is 0 Å². The van der Waals surface area contributed by atoms with E-state index < -0.39 is 6.04 Å². The highest BCUT2D eigenvalue weighted by molar-refractivity contribution is 5.94. The molecule has 0 aliphatic carbocycles. The van der Waals surface area contributed by atoms with Crippen molar-refractivity contribution >= 4 is 28.6 Å². The lowest BCUT2D eigenvalue weighted by Gasteiger charge is -2.10. The largest absolute Gasteiger partial charge is 0.476 e. The number of nitrogens with two attached hydrogens (primary N) is 2. The molecule has 5 N–H and O–H groups in total. The first-order valence-electron chi connectivity index (χ1n) is 8.22. The van der Waals surface area contributed by atoms with Crippen LogP contribution in [0, 0.1) is 0 Å². The third-order valence-corrected chi connectivity index (χ3v) is 3.67. The number of aromatic nitrogens is 3.